The van der Waals surface area contributed by atoms with Crippen LogP contribution in [0.4, 0.5) is 14.6 Å². The maximum atomic E-state index is 11.9. The number of halogens is 2. The van der Waals surface area contributed by atoms with Crippen molar-refractivity contribution in [3.63, 3.8) is 0 Å². The number of nitrogens with zero attached hydrogens (tertiary/aromatic N) is 1. The molecule has 0 unspecified atom stereocenters. The molecule has 0 aliphatic heterocycles. The molecule has 0 fully saturated rings. The van der Waals surface area contributed by atoms with Gasteiger partial charge in [0.2, 0.25) is 0 Å². The van der Waals surface area contributed by atoms with E-state index < -0.39 is 13.0 Å². The average molecular weight is 216 g/mol. The second kappa shape index (κ2) is 5.48. The average Bonchev–Trinajstić information content (AvgIpc) is 2.14. The van der Waals surface area contributed by atoms with Gasteiger partial charge in [-0.15, -0.1) is 0 Å². The van der Waals surface area contributed by atoms with Crippen molar-refractivity contribution in [2.24, 2.45) is 0 Å². The molecular weight excluding hydrogens is 202 g/mol. The van der Waals surface area contributed by atoms with Crippen molar-refractivity contribution >= 4 is 5.82 Å². The molecule has 0 spiro atoms. The Labute approximate surface area is 87.5 Å². The predicted octanol–water partition coefficient (Wildman–Crippen LogP) is 2.55. The zero-order valence-electron chi connectivity index (χ0n) is 8.71. The number of nitrogens with one attached hydrogen (secondary N) is 1. The highest BCUT2D eigenvalue weighted by Crippen LogP contribution is 2.15. The number of pyridine rings is 1. The lowest BCUT2D eigenvalue weighted by Crippen LogP contribution is -2.11. The number of hydrogen-bond donors (Lipinski definition) is 1. The van der Waals surface area contributed by atoms with Crippen molar-refractivity contribution in [1.29, 1.82) is 0 Å². The number of hydrogen-bond acceptors (Lipinski definition) is 3. The van der Waals surface area contributed by atoms with Gasteiger partial charge in [0.1, 0.15) is 18.2 Å². The molecule has 84 valence electrons. The van der Waals surface area contributed by atoms with E-state index in [0.29, 0.717) is 11.6 Å². The molecule has 5 heteroatoms. The molecule has 0 saturated carbocycles. The molecule has 0 saturated heterocycles. The van der Waals surface area contributed by atoms with Crippen LogP contribution in [0.25, 0.3) is 0 Å². The molecule has 0 atom stereocenters. The molecule has 0 aromatic carbocycles. The second-order valence-corrected chi connectivity index (χ2v) is 3.38. The molecule has 1 aromatic rings. The Morgan fingerprint density at radius 2 is 2.20 bits per heavy atom. The van der Waals surface area contributed by atoms with Crippen LogP contribution < -0.4 is 10.1 Å². The third kappa shape index (κ3) is 4.58. The lowest BCUT2D eigenvalue weighted by Gasteiger charge is -2.10. The Balaban J connectivity index is 2.57. The number of aromatic nitrogens is 1. The van der Waals surface area contributed by atoms with E-state index in [1.165, 1.54) is 6.20 Å². The Morgan fingerprint density at radius 1 is 1.47 bits per heavy atom. The maximum Gasteiger partial charge on any atom is 0.272 e. The Hall–Kier alpha value is -1.39. The molecule has 3 nitrogen and oxygen atoms in total. The molecule has 1 N–H and O–H groups in total. The van der Waals surface area contributed by atoms with Crippen molar-refractivity contribution in [2.45, 2.75) is 26.3 Å². The smallest absolute Gasteiger partial charge is 0.272 e. The zero-order valence-corrected chi connectivity index (χ0v) is 8.71. The van der Waals surface area contributed by atoms with Crippen LogP contribution in [0.3, 0.4) is 0 Å². The molecule has 0 amide bonds. The minimum atomic E-state index is -2.46. The zero-order chi connectivity index (χ0) is 11.3. The predicted molar refractivity (Wildman–Crippen MR) is 54.5 cm³/mol. The van der Waals surface area contributed by atoms with Crippen LogP contribution in [-0.4, -0.2) is 24.1 Å². The summed E-state index contributed by atoms with van der Waals surface area (Å²) in [4.78, 5) is 4.03. The van der Waals surface area contributed by atoms with Gasteiger partial charge in [-0.05, 0) is 19.9 Å². The van der Waals surface area contributed by atoms with Gasteiger partial charge in [-0.25, -0.2) is 13.8 Å². The third-order valence-corrected chi connectivity index (χ3v) is 1.54. The molecule has 1 aromatic heterocycles. The Morgan fingerprint density at radius 3 is 2.80 bits per heavy atom. The first kappa shape index (κ1) is 11.7. The summed E-state index contributed by atoms with van der Waals surface area (Å²) < 4.78 is 28.6. The summed E-state index contributed by atoms with van der Waals surface area (Å²) in [6, 6.07) is 3.39. The first-order valence-corrected chi connectivity index (χ1v) is 4.71. The van der Waals surface area contributed by atoms with Crippen molar-refractivity contribution in [1.82, 2.24) is 4.98 Å². The lowest BCUT2D eigenvalue weighted by molar-refractivity contribution is 0.0819. The topological polar surface area (TPSA) is 34.1 Å². The van der Waals surface area contributed by atoms with Gasteiger partial charge in [0.25, 0.3) is 6.43 Å². The van der Waals surface area contributed by atoms with Gasteiger partial charge >= 0.3 is 0 Å². The lowest BCUT2D eigenvalue weighted by atomic mass is 10.3. The third-order valence-electron chi connectivity index (χ3n) is 1.54. The van der Waals surface area contributed by atoms with E-state index in [4.69, 9.17) is 4.74 Å². The quantitative estimate of drug-likeness (QED) is 0.821. The summed E-state index contributed by atoms with van der Waals surface area (Å²) in [7, 11) is 0. The number of rotatable bonds is 5. The van der Waals surface area contributed by atoms with Gasteiger partial charge in [0.05, 0.1) is 0 Å². The summed E-state index contributed by atoms with van der Waals surface area (Å²) in [5.74, 6) is 1.02. The van der Waals surface area contributed by atoms with Gasteiger partial charge in [-0.2, -0.15) is 0 Å². The van der Waals surface area contributed by atoms with Crippen LogP contribution in [0.1, 0.15) is 13.8 Å². The van der Waals surface area contributed by atoms with Crippen molar-refractivity contribution < 1.29 is 13.5 Å². The van der Waals surface area contributed by atoms with Crippen molar-refractivity contribution in [2.75, 3.05) is 11.9 Å². The summed E-state index contributed by atoms with van der Waals surface area (Å²) in [5, 5.41) is 3.05. The van der Waals surface area contributed by atoms with Gasteiger partial charge in [0.15, 0.2) is 0 Å². The summed E-state index contributed by atoms with van der Waals surface area (Å²) in [6.07, 6.45) is -0.939. The normalized spacial score (nSPS) is 10.8. The van der Waals surface area contributed by atoms with Crippen molar-refractivity contribution in [3.05, 3.63) is 18.3 Å². The molecule has 0 aliphatic carbocycles. The Kier molecular flexibility index (Phi) is 4.27. The molecular formula is C10H14F2N2O. The molecule has 0 aliphatic rings. The van der Waals surface area contributed by atoms with Crippen molar-refractivity contribution in [3.8, 4) is 5.75 Å². The molecule has 0 bridgehead atoms. The van der Waals surface area contributed by atoms with Gasteiger partial charge in [0, 0.05) is 18.3 Å². The van der Waals surface area contributed by atoms with E-state index in [1.54, 1.807) is 12.1 Å². The monoisotopic (exact) mass is 216 g/mol. The van der Waals surface area contributed by atoms with E-state index >= 15 is 0 Å². The van der Waals surface area contributed by atoms with Crippen LogP contribution in [0.5, 0.6) is 5.75 Å². The fourth-order valence-corrected chi connectivity index (χ4v) is 1.03. The van der Waals surface area contributed by atoms with E-state index in [0.717, 1.165) is 0 Å². The standard InChI is InChI=1S/C10H14F2N2O/c1-7(2)14-10-5-8(3-4-13-10)15-6-9(11)12/h3-5,7,9H,6H2,1-2H3,(H,13,14). The largest absolute Gasteiger partial charge is 0.487 e. The highest BCUT2D eigenvalue weighted by atomic mass is 19.3. The number of alkyl halides is 2. The minimum Gasteiger partial charge on any atom is -0.487 e. The Bertz CT molecular complexity index is 305. The summed E-state index contributed by atoms with van der Waals surface area (Å²) in [5.41, 5.74) is 0. The molecule has 1 rings (SSSR count). The van der Waals surface area contributed by atoms with Gasteiger partial charge < -0.3 is 10.1 Å². The highest BCUT2D eigenvalue weighted by molar-refractivity contribution is 5.41. The van der Waals surface area contributed by atoms with Gasteiger partial charge in [-0.1, -0.05) is 0 Å². The van der Waals surface area contributed by atoms with E-state index in [9.17, 15) is 8.78 Å². The van der Waals surface area contributed by atoms with E-state index in [1.807, 2.05) is 13.8 Å². The van der Waals surface area contributed by atoms with Crippen LogP contribution >= 0.6 is 0 Å². The number of anilines is 1. The second-order valence-electron chi connectivity index (χ2n) is 3.38. The molecule has 0 radical (unpaired) electrons. The summed E-state index contributed by atoms with van der Waals surface area (Å²) in [6.45, 7) is 3.34. The van der Waals surface area contributed by atoms with E-state index in [-0.39, 0.29) is 6.04 Å². The fourth-order valence-electron chi connectivity index (χ4n) is 1.03. The first-order valence-electron chi connectivity index (χ1n) is 4.71. The van der Waals surface area contributed by atoms with Crippen LogP contribution in [0.15, 0.2) is 18.3 Å². The summed E-state index contributed by atoms with van der Waals surface area (Å²) >= 11 is 0. The first-order chi connectivity index (χ1) is 7.08. The van der Waals surface area contributed by atoms with Gasteiger partial charge in [-0.3, -0.25) is 0 Å². The highest BCUT2D eigenvalue weighted by Gasteiger charge is 2.04. The number of ether oxygens (including phenoxy) is 1. The van der Waals surface area contributed by atoms with Crippen LogP contribution in [-0.2, 0) is 0 Å². The maximum absolute atomic E-state index is 11.9. The molecule has 15 heavy (non-hydrogen) atoms. The van der Waals surface area contributed by atoms with Crippen LogP contribution in [0, 0.1) is 0 Å². The minimum absolute atomic E-state index is 0.239. The van der Waals surface area contributed by atoms with Crippen LogP contribution in [0.2, 0.25) is 0 Å². The van der Waals surface area contributed by atoms with E-state index in [2.05, 4.69) is 10.3 Å². The fraction of sp³-hybridized carbons (Fsp3) is 0.500. The SMILES string of the molecule is CC(C)Nc1cc(OCC(F)F)ccn1. The molecule has 1 heterocycles.